The predicted molar refractivity (Wildman–Crippen MR) is 155 cm³/mol. The van der Waals surface area contributed by atoms with Crippen molar-refractivity contribution in [3.05, 3.63) is 94.2 Å². The van der Waals surface area contributed by atoms with Gasteiger partial charge in [-0.2, -0.15) is 0 Å². The van der Waals surface area contributed by atoms with E-state index in [0.29, 0.717) is 42.2 Å². The molecule has 9 heteroatoms. The maximum atomic E-state index is 14.3. The lowest BCUT2D eigenvalue weighted by molar-refractivity contribution is -0.119. The van der Waals surface area contributed by atoms with E-state index in [1.54, 1.807) is 47.1 Å². The molecule has 0 saturated carbocycles. The molecule has 0 aliphatic carbocycles. The number of nitrogens with one attached hydrogen (secondary N) is 1. The number of fused-ring (bicyclic) bond motifs is 3. The van der Waals surface area contributed by atoms with Crippen LogP contribution in [0.3, 0.4) is 0 Å². The molecule has 3 amide bonds. The fourth-order valence-corrected chi connectivity index (χ4v) is 6.40. The van der Waals surface area contributed by atoms with Crippen LogP contribution in [0.5, 0.6) is 0 Å². The van der Waals surface area contributed by atoms with E-state index in [9.17, 15) is 18.8 Å². The Labute approximate surface area is 235 Å². The molecule has 2 aliphatic heterocycles. The molecule has 7 nitrogen and oxygen atoms in total. The fraction of sp³-hybridized carbons (Fsp3) is 0.226. The van der Waals surface area contributed by atoms with Crippen LogP contribution < -0.4 is 15.1 Å². The van der Waals surface area contributed by atoms with E-state index in [4.69, 9.17) is 0 Å². The van der Waals surface area contributed by atoms with Crippen LogP contribution in [0.25, 0.3) is 10.4 Å². The number of aryl methyl sites for hydroxylation is 1. The first kappa shape index (κ1) is 25.9. The lowest BCUT2D eigenvalue weighted by Crippen LogP contribution is -2.37. The van der Waals surface area contributed by atoms with Gasteiger partial charge in [-0.3, -0.25) is 19.3 Å². The number of carbonyl (C=O) groups is 3. The maximum absolute atomic E-state index is 14.3. The molecule has 1 N–H and O–H groups in total. The molecule has 4 aromatic rings. The van der Waals surface area contributed by atoms with Crippen molar-refractivity contribution in [1.29, 1.82) is 0 Å². The van der Waals surface area contributed by atoms with Crippen LogP contribution in [0, 0.1) is 12.7 Å². The minimum atomic E-state index is -0.478. The second-order valence-corrected chi connectivity index (χ2v) is 11.0. The molecule has 0 bridgehead atoms. The van der Waals surface area contributed by atoms with E-state index >= 15 is 0 Å². The molecule has 2 aliphatic rings. The van der Waals surface area contributed by atoms with Gasteiger partial charge in [0.1, 0.15) is 17.3 Å². The molecule has 1 saturated heterocycles. The van der Waals surface area contributed by atoms with Crippen molar-refractivity contribution in [3.63, 3.8) is 0 Å². The summed E-state index contributed by atoms with van der Waals surface area (Å²) in [6.45, 7) is 2.74. The highest BCUT2D eigenvalue weighted by Gasteiger charge is 2.29. The van der Waals surface area contributed by atoms with Gasteiger partial charge in [0.2, 0.25) is 5.91 Å². The van der Waals surface area contributed by atoms with Gasteiger partial charge in [0.05, 0.1) is 16.3 Å². The van der Waals surface area contributed by atoms with E-state index in [2.05, 4.69) is 10.3 Å². The van der Waals surface area contributed by atoms with Crippen LogP contribution >= 0.6 is 11.3 Å². The molecule has 0 atom stereocenters. The van der Waals surface area contributed by atoms with Gasteiger partial charge in [0.15, 0.2) is 0 Å². The summed E-state index contributed by atoms with van der Waals surface area (Å²) in [5.74, 6) is -0.573. The molecular weight excluding hydrogens is 527 g/mol. The lowest BCUT2D eigenvalue weighted by Gasteiger charge is -2.27. The average molecular weight is 555 g/mol. The Morgan fingerprint density at radius 2 is 1.80 bits per heavy atom. The summed E-state index contributed by atoms with van der Waals surface area (Å²) < 4.78 is 14.3. The number of para-hydroxylation sites is 2. The third-order valence-electron chi connectivity index (χ3n) is 7.34. The Bertz CT molecular complexity index is 1630. The number of amides is 3. The minimum absolute atomic E-state index is 0.0258. The van der Waals surface area contributed by atoms with Crippen LogP contribution in [-0.2, 0) is 11.2 Å². The van der Waals surface area contributed by atoms with Crippen molar-refractivity contribution >= 4 is 46.3 Å². The second kappa shape index (κ2) is 10.7. The molecule has 0 spiro atoms. The average Bonchev–Trinajstić information content (AvgIpc) is 3.33. The van der Waals surface area contributed by atoms with E-state index in [1.165, 1.54) is 17.4 Å². The third kappa shape index (κ3) is 4.77. The van der Waals surface area contributed by atoms with Crippen molar-refractivity contribution in [2.45, 2.75) is 32.6 Å². The van der Waals surface area contributed by atoms with E-state index in [-0.39, 0.29) is 29.1 Å². The monoisotopic (exact) mass is 554 g/mol. The number of rotatable bonds is 4. The van der Waals surface area contributed by atoms with Gasteiger partial charge in [-0.1, -0.05) is 36.4 Å². The van der Waals surface area contributed by atoms with Crippen molar-refractivity contribution in [2.75, 3.05) is 28.2 Å². The zero-order valence-electron chi connectivity index (χ0n) is 21.9. The number of carbonyl (C=O) groups excluding carboxylic acids is 3. The van der Waals surface area contributed by atoms with Crippen LogP contribution in [0.1, 0.15) is 50.5 Å². The number of halogens is 1. The van der Waals surface area contributed by atoms with E-state index in [0.717, 1.165) is 34.5 Å². The first-order valence-electron chi connectivity index (χ1n) is 13.3. The second-order valence-electron chi connectivity index (χ2n) is 9.96. The molecule has 1 fully saturated rings. The Balaban J connectivity index is 1.30. The SMILES string of the molecule is Cc1cccc(F)c1NC(=O)c1cc2c(s1)-c1ccccc1N(C(=O)c1cccc(N3CCCCC3=O)n1)CC2. The summed E-state index contributed by atoms with van der Waals surface area (Å²) in [5, 5.41) is 2.72. The molecule has 4 heterocycles. The smallest absolute Gasteiger partial charge is 0.276 e. The van der Waals surface area contributed by atoms with Gasteiger partial charge in [0.25, 0.3) is 11.8 Å². The molecule has 0 unspecified atom stereocenters. The number of anilines is 3. The molecule has 40 heavy (non-hydrogen) atoms. The van der Waals surface area contributed by atoms with E-state index in [1.807, 2.05) is 30.3 Å². The van der Waals surface area contributed by atoms with Gasteiger partial charge in [-0.05, 0) is 67.6 Å². The number of benzene rings is 2. The summed E-state index contributed by atoms with van der Waals surface area (Å²) in [4.78, 5) is 48.7. The Hall–Kier alpha value is -4.37. The van der Waals surface area contributed by atoms with Gasteiger partial charge in [-0.25, -0.2) is 9.37 Å². The van der Waals surface area contributed by atoms with Gasteiger partial charge in [0, 0.05) is 30.0 Å². The number of aromatic nitrogens is 1. The Morgan fingerprint density at radius 1 is 0.975 bits per heavy atom. The quantitative estimate of drug-likeness (QED) is 0.324. The minimum Gasteiger partial charge on any atom is -0.319 e. The number of piperidine rings is 1. The van der Waals surface area contributed by atoms with Gasteiger partial charge < -0.3 is 10.2 Å². The Kier molecular flexibility index (Phi) is 6.89. The molecular formula is C31H27FN4O3S. The summed E-state index contributed by atoms with van der Waals surface area (Å²) in [5.41, 5.74) is 3.62. The first-order chi connectivity index (χ1) is 19.4. The summed E-state index contributed by atoms with van der Waals surface area (Å²) in [6.07, 6.45) is 2.80. The standard InChI is InChI=1S/C31H27FN4O3S/c1-19-8-6-10-22(32)28(19)34-30(38)25-18-20-15-17-35(24-12-3-2-9-21(24)29(20)40-25)31(39)23-11-7-13-26(33-23)36-16-5-4-14-27(36)37/h2-3,6-13,18H,4-5,14-17H2,1H3,(H,34,38). The number of nitrogens with zero attached hydrogens (tertiary/aromatic N) is 3. The Morgan fingerprint density at radius 3 is 2.62 bits per heavy atom. The number of hydrogen-bond acceptors (Lipinski definition) is 5. The molecule has 0 radical (unpaired) electrons. The molecule has 6 rings (SSSR count). The van der Waals surface area contributed by atoms with Gasteiger partial charge in [-0.15, -0.1) is 11.3 Å². The van der Waals surface area contributed by atoms with Crippen molar-refractivity contribution < 1.29 is 18.8 Å². The van der Waals surface area contributed by atoms with Crippen LogP contribution in [0.2, 0.25) is 0 Å². The van der Waals surface area contributed by atoms with Crippen molar-refractivity contribution in [3.8, 4) is 10.4 Å². The summed E-state index contributed by atoms with van der Waals surface area (Å²) >= 11 is 1.33. The largest absolute Gasteiger partial charge is 0.319 e. The highest BCUT2D eigenvalue weighted by Crippen LogP contribution is 2.42. The number of thiophene rings is 1. The lowest BCUT2D eigenvalue weighted by atomic mass is 10.1. The number of hydrogen-bond donors (Lipinski definition) is 1. The number of pyridine rings is 1. The van der Waals surface area contributed by atoms with Gasteiger partial charge >= 0.3 is 0 Å². The van der Waals surface area contributed by atoms with Crippen LogP contribution in [0.15, 0.2) is 66.7 Å². The summed E-state index contributed by atoms with van der Waals surface area (Å²) in [6, 6.07) is 19.3. The third-order valence-corrected chi connectivity index (χ3v) is 8.55. The molecule has 2 aromatic heterocycles. The highest BCUT2D eigenvalue weighted by molar-refractivity contribution is 7.17. The normalized spacial score (nSPS) is 14.8. The fourth-order valence-electron chi connectivity index (χ4n) is 5.26. The molecule has 2 aromatic carbocycles. The van der Waals surface area contributed by atoms with Crippen molar-refractivity contribution in [1.82, 2.24) is 4.98 Å². The van der Waals surface area contributed by atoms with Crippen LogP contribution in [-0.4, -0.2) is 35.8 Å². The zero-order valence-corrected chi connectivity index (χ0v) is 22.8. The van der Waals surface area contributed by atoms with E-state index < -0.39 is 5.82 Å². The first-order valence-corrected chi connectivity index (χ1v) is 14.1. The van der Waals surface area contributed by atoms with Crippen molar-refractivity contribution in [2.24, 2.45) is 0 Å². The summed E-state index contributed by atoms with van der Waals surface area (Å²) in [7, 11) is 0. The molecule has 202 valence electrons. The van der Waals surface area contributed by atoms with Crippen LogP contribution in [0.4, 0.5) is 21.6 Å². The predicted octanol–water partition coefficient (Wildman–Crippen LogP) is 6.23. The maximum Gasteiger partial charge on any atom is 0.276 e. The zero-order chi connectivity index (χ0) is 27.8. The topological polar surface area (TPSA) is 82.6 Å². The highest BCUT2D eigenvalue weighted by atomic mass is 32.1.